The molecule has 0 saturated heterocycles. The molecular weight excluding hydrogens is 332 g/mol. The molecule has 122 valence electrons. The Bertz CT molecular complexity index is 1060. The Labute approximate surface area is 136 Å². The van der Waals surface area contributed by atoms with Crippen LogP contribution in [-0.4, -0.2) is 14.3 Å². The second-order valence-electron chi connectivity index (χ2n) is 4.86. The lowest BCUT2D eigenvalue weighted by atomic mass is 10.2. The molecule has 1 aromatic heterocycles. The SMILES string of the molecule is O=C(NNS(=O)(=O)c1ccccc1)c1cc2ccccc2oc1=O. The van der Waals surface area contributed by atoms with Crippen molar-refractivity contribution in [1.82, 2.24) is 10.3 Å². The summed E-state index contributed by atoms with van der Waals surface area (Å²) in [6, 6.07) is 15.5. The maximum atomic E-state index is 12.1. The van der Waals surface area contributed by atoms with Crippen molar-refractivity contribution in [2.45, 2.75) is 4.90 Å². The summed E-state index contributed by atoms with van der Waals surface area (Å²) >= 11 is 0. The second kappa shape index (κ2) is 6.26. The van der Waals surface area contributed by atoms with Crippen molar-refractivity contribution in [2.24, 2.45) is 0 Å². The lowest BCUT2D eigenvalue weighted by Crippen LogP contribution is -2.42. The Morgan fingerprint density at radius 3 is 2.38 bits per heavy atom. The summed E-state index contributed by atoms with van der Waals surface area (Å²) in [6.07, 6.45) is 0. The molecule has 3 aromatic rings. The van der Waals surface area contributed by atoms with Crippen molar-refractivity contribution in [3.8, 4) is 0 Å². The Balaban J connectivity index is 1.83. The highest BCUT2D eigenvalue weighted by molar-refractivity contribution is 7.89. The van der Waals surface area contributed by atoms with Crippen LogP contribution in [0, 0.1) is 0 Å². The van der Waals surface area contributed by atoms with Gasteiger partial charge in [-0.25, -0.2) is 13.2 Å². The fraction of sp³-hybridized carbons (Fsp3) is 0. The van der Waals surface area contributed by atoms with E-state index in [9.17, 15) is 18.0 Å². The molecule has 7 nitrogen and oxygen atoms in total. The molecule has 0 spiro atoms. The Morgan fingerprint density at radius 2 is 1.62 bits per heavy atom. The number of carbonyl (C=O) groups excluding carboxylic acids is 1. The van der Waals surface area contributed by atoms with Crippen LogP contribution in [0.25, 0.3) is 11.0 Å². The summed E-state index contributed by atoms with van der Waals surface area (Å²) < 4.78 is 29.1. The summed E-state index contributed by atoms with van der Waals surface area (Å²) in [7, 11) is -3.93. The molecule has 0 aliphatic heterocycles. The molecule has 2 aromatic carbocycles. The van der Waals surface area contributed by atoms with Gasteiger partial charge in [0.05, 0.1) is 4.90 Å². The van der Waals surface area contributed by atoms with Crippen LogP contribution >= 0.6 is 0 Å². The normalized spacial score (nSPS) is 11.3. The summed E-state index contributed by atoms with van der Waals surface area (Å²) in [5, 5.41) is 0.549. The van der Waals surface area contributed by atoms with Gasteiger partial charge in [-0.05, 0) is 24.3 Å². The maximum absolute atomic E-state index is 12.1. The van der Waals surface area contributed by atoms with Gasteiger partial charge in [0, 0.05) is 5.39 Å². The Hall–Kier alpha value is -2.97. The molecule has 8 heteroatoms. The number of rotatable bonds is 4. The largest absolute Gasteiger partial charge is 0.422 e. The fourth-order valence-electron chi connectivity index (χ4n) is 2.06. The summed E-state index contributed by atoms with van der Waals surface area (Å²) in [4.78, 5) is 25.9. The number of nitrogens with one attached hydrogen (secondary N) is 2. The van der Waals surface area contributed by atoms with Crippen LogP contribution < -0.4 is 15.9 Å². The van der Waals surface area contributed by atoms with Gasteiger partial charge in [0.2, 0.25) is 0 Å². The maximum Gasteiger partial charge on any atom is 0.349 e. The van der Waals surface area contributed by atoms with E-state index in [0.29, 0.717) is 11.0 Å². The van der Waals surface area contributed by atoms with E-state index in [1.807, 2.05) is 10.3 Å². The molecule has 0 bridgehead atoms. The van der Waals surface area contributed by atoms with Gasteiger partial charge >= 0.3 is 5.63 Å². The molecule has 3 rings (SSSR count). The third-order valence-corrected chi connectivity index (χ3v) is 4.50. The number of benzene rings is 2. The average molecular weight is 344 g/mol. The standard InChI is InChI=1S/C16H12N2O5S/c19-15(17-18-24(21,22)12-7-2-1-3-8-12)13-10-11-6-4-5-9-14(11)23-16(13)20/h1-10,18H,(H,17,19). The van der Waals surface area contributed by atoms with Crippen molar-refractivity contribution in [3.63, 3.8) is 0 Å². The van der Waals surface area contributed by atoms with E-state index in [4.69, 9.17) is 4.42 Å². The van der Waals surface area contributed by atoms with Gasteiger partial charge in [-0.15, -0.1) is 4.83 Å². The highest BCUT2D eigenvalue weighted by atomic mass is 32.2. The molecule has 1 amide bonds. The van der Waals surface area contributed by atoms with E-state index in [0.717, 1.165) is 0 Å². The summed E-state index contributed by atoms with van der Waals surface area (Å²) in [6.45, 7) is 0. The first kappa shape index (κ1) is 15.9. The van der Waals surface area contributed by atoms with E-state index < -0.39 is 21.6 Å². The molecule has 0 atom stereocenters. The second-order valence-corrected chi connectivity index (χ2v) is 6.54. The number of para-hydroxylation sites is 1. The van der Waals surface area contributed by atoms with Crippen LogP contribution in [0.1, 0.15) is 10.4 Å². The molecule has 24 heavy (non-hydrogen) atoms. The fourth-order valence-corrected chi connectivity index (χ4v) is 2.92. The minimum absolute atomic E-state index is 0.0177. The van der Waals surface area contributed by atoms with Crippen LogP contribution in [0.3, 0.4) is 0 Å². The predicted octanol–water partition coefficient (Wildman–Crippen LogP) is 1.42. The first-order chi connectivity index (χ1) is 11.5. The number of carbonyl (C=O) groups is 1. The zero-order valence-corrected chi connectivity index (χ0v) is 13.0. The Morgan fingerprint density at radius 1 is 0.958 bits per heavy atom. The van der Waals surface area contributed by atoms with Crippen molar-refractivity contribution in [1.29, 1.82) is 0 Å². The number of hydrogen-bond donors (Lipinski definition) is 2. The molecule has 2 N–H and O–H groups in total. The number of amides is 1. The van der Waals surface area contributed by atoms with E-state index >= 15 is 0 Å². The third kappa shape index (κ3) is 3.19. The van der Waals surface area contributed by atoms with Gasteiger partial charge in [0.1, 0.15) is 11.1 Å². The molecule has 1 heterocycles. The van der Waals surface area contributed by atoms with Gasteiger partial charge in [0.25, 0.3) is 15.9 Å². The van der Waals surface area contributed by atoms with Crippen LogP contribution in [0.2, 0.25) is 0 Å². The number of fused-ring (bicyclic) bond motifs is 1. The first-order valence-electron chi connectivity index (χ1n) is 6.87. The lowest BCUT2D eigenvalue weighted by molar-refractivity contribution is 0.0941. The predicted molar refractivity (Wildman–Crippen MR) is 86.7 cm³/mol. The number of hydrazine groups is 1. The van der Waals surface area contributed by atoms with E-state index in [-0.39, 0.29) is 10.5 Å². The highest BCUT2D eigenvalue weighted by Crippen LogP contribution is 2.12. The summed E-state index contributed by atoms with van der Waals surface area (Å²) in [5.74, 6) is -0.908. The van der Waals surface area contributed by atoms with Crippen molar-refractivity contribution in [3.05, 3.63) is 76.6 Å². The minimum Gasteiger partial charge on any atom is -0.422 e. The minimum atomic E-state index is -3.93. The Kier molecular flexibility index (Phi) is 4.15. The van der Waals surface area contributed by atoms with Crippen molar-refractivity contribution >= 4 is 26.9 Å². The lowest BCUT2D eigenvalue weighted by Gasteiger charge is -2.08. The van der Waals surface area contributed by atoms with Crippen LogP contribution in [0.4, 0.5) is 0 Å². The van der Waals surface area contributed by atoms with Gasteiger partial charge in [-0.2, -0.15) is 0 Å². The molecular formula is C16H12N2O5S. The average Bonchev–Trinajstić information content (AvgIpc) is 2.60. The summed E-state index contributed by atoms with van der Waals surface area (Å²) in [5.41, 5.74) is 1.19. The first-order valence-corrected chi connectivity index (χ1v) is 8.36. The van der Waals surface area contributed by atoms with Crippen LogP contribution in [0.5, 0.6) is 0 Å². The van der Waals surface area contributed by atoms with E-state index in [1.165, 1.54) is 18.2 Å². The molecule has 0 radical (unpaired) electrons. The zero-order chi connectivity index (χ0) is 17.2. The zero-order valence-electron chi connectivity index (χ0n) is 12.2. The van der Waals surface area contributed by atoms with Gasteiger partial charge < -0.3 is 4.42 Å². The third-order valence-electron chi connectivity index (χ3n) is 3.24. The molecule has 0 aliphatic carbocycles. The monoisotopic (exact) mass is 344 g/mol. The quantitative estimate of drug-likeness (QED) is 0.550. The van der Waals surface area contributed by atoms with Crippen LogP contribution in [0.15, 0.2) is 74.8 Å². The van der Waals surface area contributed by atoms with Gasteiger partial charge in [-0.3, -0.25) is 10.2 Å². The molecule has 0 unspecified atom stereocenters. The highest BCUT2D eigenvalue weighted by Gasteiger charge is 2.18. The van der Waals surface area contributed by atoms with Crippen LogP contribution in [-0.2, 0) is 10.0 Å². The van der Waals surface area contributed by atoms with Crippen molar-refractivity contribution in [2.75, 3.05) is 0 Å². The van der Waals surface area contributed by atoms with E-state index in [2.05, 4.69) is 0 Å². The van der Waals surface area contributed by atoms with E-state index in [1.54, 1.807) is 42.5 Å². The smallest absolute Gasteiger partial charge is 0.349 e. The molecule has 0 fully saturated rings. The van der Waals surface area contributed by atoms with Gasteiger partial charge in [0.15, 0.2) is 0 Å². The van der Waals surface area contributed by atoms with Gasteiger partial charge in [-0.1, -0.05) is 36.4 Å². The number of hydrogen-bond acceptors (Lipinski definition) is 5. The topological polar surface area (TPSA) is 105 Å². The van der Waals surface area contributed by atoms with Crippen molar-refractivity contribution < 1.29 is 17.6 Å². The number of sulfonamides is 1. The molecule has 0 aliphatic rings. The molecule has 0 saturated carbocycles.